The standard InChI is InChI=1S/C16H20N4O3S2/c1-2-17-16(21)14-11-13(12-24-14)25(22,23)20-9-7-19(8-10-20)15-5-3-4-6-18-15/h3-6,11-12H,2,7-10H2,1H3,(H,17,21)/p+1. The Kier molecular flexibility index (Phi) is 5.36. The highest BCUT2D eigenvalue weighted by Gasteiger charge is 2.32. The van der Waals surface area contributed by atoms with Crippen LogP contribution < -0.4 is 15.2 Å². The average molecular weight is 382 g/mol. The van der Waals surface area contributed by atoms with E-state index in [9.17, 15) is 13.2 Å². The predicted octanol–water partition coefficient (Wildman–Crippen LogP) is 0.823. The lowest BCUT2D eigenvalue weighted by atomic mass is 10.3. The second-order valence-corrected chi connectivity index (χ2v) is 8.49. The maximum atomic E-state index is 12.8. The van der Waals surface area contributed by atoms with E-state index < -0.39 is 10.0 Å². The molecule has 0 saturated carbocycles. The minimum Gasteiger partial charge on any atom is -0.352 e. The van der Waals surface area contributed by atoms with Crippen molar-refractivity contribution in [2.45, 2.75) is 11.8 Å². The van der Waals surface area contributed by atoms with E-state index in [1.54, 1.807) is 0 Å². The van der Waals surface area contributed by atoms with Crippen LogP contribution in [0.15, 0.2) is 40.7 Å². The number of amides is 1. The third kappa shape index (κ3) is 3.83. The summed E-state index contributed by atoms with van der Waals surface area (Å²) in [5.74, 6) is 0.743. The van der Waals surface area contributed by atoms with Gasteiger partial charge in [0.2, 0.25) is 10.0 Å². The summed E-state index contributed by atoms with van der Waals surface area (Å²) in [6, 6.07) is 7.29. The Morgan fingerprint density at radius 1 is 1.28 bits per heavy atom. The molecule has 7 nitrogen and oxygen atoms in total. The molecule has 0 bridgehead atoms. The maximum absolute atomic E-state index is 12.8. The molecule has 1 fully saturated rings. The number of nitrogens with one attached hydrogen (secondary N) is 2. The van der Waals surface area contributed by atoms with Gasteiger partial charge in [-0.3, -0.25) is 9.69 Å². The molecule has 3 rings (SSSR count). The Hall–Kier alpha value is -1.97. The lowest BCUT2D eigenvalue weighted by molar-refractivity contribution is -0.364. The Morgan fingerprint density at radius 3 is 2.68 bits per heavy atom. The largest absolute Gasteiger partial charge is 0.352 e. The Bertz CT molecular complexity index is 828. The van der Waals surface area contributed by atoms with Crippen LogP contribution in [-0.4, -0.2) is 51.4 Å². The van der Waals surface area contributed by atoms with Crippen LogP contribution >= 0.6 is 11.3 Å². The highest BCUT2D eigenvalue weighted by Crippen LogP contribution is 2.24. The third-order valence-electron chi connectivity index (χ3n) is 4.05. The number of anilines is 1. The van der Waals surface area contributed by atoms with Crippen molar-refractivity contribution in [1.29, 1.82) is 0 Å². The Morgan fingerprint density at radius 2 is 2.04 bits per heavy atom. The molecule has 1 aliphatic heterocycles. The number of hydrogen-bond acceptors (Lipinski definition) is 5. The van der Waals surface area contributed by atoms with Gasteiger partial charge in [-0.1, -0.05) is 6.07 Å². The van der Waals surface area contributed by atoms with Crippen molar-refractivity contribution in [3.63, 3.8) is 0 Å². The second kappa shape index (κ2) is 7.51. The van der Waals surface area contributed by atoms with Crippen molar-refractivity contribution in [2.24, 2.45) is 0 Å². The van der Waals surface area contributed by atoms with Gasteiger partial charge in [0, 0.05) is 18.0 Å². The second-order valence-electron chi connectivity index (χ2n) is 5.65. The molecule has 1 amide bonds. The zero-order valence-corrected chi connectivity index (χ0v) is 15.6. The van der Waals surface area contributed by atoms with Gasteiger partial charge in [-0.15, -0.1) is 11.3 Å². The van der Waals surface area contributed by atoms with Gasteiger partial charge in [0.1, 0.15) is 0 Å². The minimum atomic E-state index is -3.57. The van der Waals surface area contributed by atoms with E-state index in [1.807, 2.05) is 31.3 Å². The van der Waals surface area contributed by atoms with Crippen LogP contribution in [0.5, 0.6) is 0 Å². The summed E-state index contributed by atoms with van der Waals surface area (Å²) < 4.78 is 27.1. The van der Waals surface area contributed by atoms with Gasteiger partial charge in [-0.25, -0.2) is 13.4 Å². The third-order valence-corrected chi connectivity index (χ3v) is 7.00. The summed E-state index contributed by atoms with van der Waals surface area (Å²) in [7, 11) is -3.57. The van der Waals surface area contributed by atoms with Crippen LogP contribution in [0, 0.1) is 0 Å². The minimum absolute atomic E-state index is 0.193. The molecule has 1 saturated heterocycles. The van der Waals surface area contributed by atoms with Crippen molar-refractivity contribution in [3.8, 4) is 0 Å². The Labute approximate surface area is 151 Å². The summed E-state index contributed by atoms with van der Waals surface area (Å²) in [5, 5.41) is 4.22. The molecule has 0 atom stereocenters. The molecule has 3 heterocycles. The van der Waals surface area contributed by atoms with Crippen LogP contribution in [0.2, 0.25) is 0 Å². The van der Waals surface area contributed by atoms with E-state index in [2.05, 4.69) is 15.2 Å². The number of carbonyl (C=O) groups is 1. The van der Waals surface area contributed by atoms with Crippen LogP contribution in [0.1, 0.15) is 16.6 Å². The molecule has 1 aliphatic rings. The van der Waals surface area contributed by atoms with Gasteiger partial charge in [0.05, 0.1) is 42.1 Å². The number of pyridine rings is 1. The highest BCUT2D eigenvalue weighted by atomic mass is 32.2. The average Bonchev–Trinajstić information content (AvgIpc) is 3.14. The molecule has 0 aromatic carbocycles. The summed E-state index contributed by atoms with van der Waals surface area (Å²) >= 11 is 1.15. The van der Waals surface area contributed by atoms with Gasteiger partial charge in [-0.2, -0.15) is 4.31 Å². The number of aromatic nitrogens is 1. The zero-order valence-electron chi connectivity index (χ0n) is 13.9. The first-order valence-corrected chi connectivity index (χ1v) is 10.4. The molecule has 0 unspecified atom stereocenters. The number of thiophene rings is 1. The predicted molar refractivity (Wildman–Crippen MR) is 96.3 cm³/mol. The topological polar surface area (TPSA) is 83.9 Å². The monoisotopic (exact) mass is 381 g/mol. The van der Waals surface area contributed by atoms with Crippen molar-refractivity contribution < 1.29 is 18.2 Å². The molecule has 0 spiro atoms. The van der Waals surface area contributed by atoms with Crippen LogP contribution in [0.25, 0.3) is 0 Å². The van der Waals surface area contributed by atoms with Crippen molar-refractivity contribution in [3.05, 3.63) is 40.7 Å². The fourth-order valence-electron chi connectivity index (χ4n) is 2.72. The summed E-state index contributed by atoms with van der Waals surface area (Å²) in [5.41, 5.74) is 0. The van der Waals surface area contributed by atoms with Gasteiger partial charge in [0.15, 0.2) is 0 Å². The summed E-state index contributed by atoms with van der Waals surface area (Å²) in [6.45, 7) is 4.40. The van der Waals surface area contributed by atoms with Crippen LogP contribution in [0.4, 0.5) is 5.82 Å². The van der Waals surface area contributed by atoms with E-state index in [1.165, 1.54) is 15.8 Å². The summed E-state index contributed by atoms with van der Waals surface area (Å²) in [6.07, 6.45) is 1.85. The number of H-pyrrole nitrogens is 1. The molecule has 2 N–H and O–H groups in total. The fourth-order valence-corrected chi connectivity index (χ4v) is 5.32. The van der Waals surface area contributed by atoms with E-state index in [-0.39, 0.29) is 10.8 Å². The van der Waals surface area contributed by atoms with Crippen molar-refractivity contribution >= 4 is 33.1 Å². The van der Waals surface area contributed by atoms with Gasteiger partial charge in [-0.05, 0) is 19.1 Å². The van der Waals surface area contributed by atoms with Crippen molar-refractivity contribution in [2.75, 3.05) is 37.6 Å². The lowest BCUT2D eigenvalue weighted by Gasteiger charge is -2.29. The lowest BCUT2D eigenvalue weighted by Crippen LogP contribution is -2.49. The van der Waals surface area contributed by atoms with E-state index in [4.69, 9.17) is 0 Å². The Balaban J connectivity index is 1.69. The number of sulfonamides is 1. The highest BCUT2D eigenvalue weighted by molar-refractivity contribution is 7.89. The number of carbonyl (C=O) groups excluding carboxylic acids is 1. The summed E-state index contributed by atoms with van der Waals surface area (Å²) in [4.78, 5) is 17.7. The van der Waals surface area contributed by atoms with Gasteiger partial charge < -0.3 is 5.32 Å². The van der Waals surface area contributed by atoms with E-state index in [0.717, 1.165) is 17.2 Å². The van der Waals surface area contributed by atoms with Gasteiger partial charge in [0.25, 0.3) is 11.7 Å². The van der Waals surface area contributed by atoms with E-state index >= 15 is 0 Å². The first kappa shape index (κ1) is 17.8. The van der Waals surface area contributed by atoms with E-state index in [0.29, 0.717) is 37.6 Å². The quantitative estimate of drug-likeness (QED) is 0.831. The molecule has 2 aromatic heterocycles. The van der Waals surface area contributed by atoms with Crippen molar-refractivity contribution in [1.82, 2.24) is 9.62 Å². The molecule has 0 aliphatic carbocycles. The first-order chi connectivity index (χ1) is 12.0. The molecular formula is C16H21N4O3S2+. The fraction of sp³-hybridized carbons (Fsp3) is 0.375. The first-order valence-electron chi connectivity index (χ1n) is 8.11. The van der Waals surface area contributed by atoms with Crippen LogP contribution in [0.3, 0.4) is 0 Å². The molecule has 25 heavy (non-hydrogen) atoms. The number of aromatic amines is 1. The van der Waals surface area contributed by atoms with Crippen LogP contribution in [-0.2, 0) is 10.0 Å². The normalized spacial score (nSPS) is 16.0. The molecular weight excluding hydrogens is 360 g/mol. The maximum Gasteiger partial charge on any atom is 0.274 e. The number of hydrogen-bond donors (Lipinski definition) is 1. The SMILES string of the molecule is CCNC(=O)c1cc(S(=O)(=O)N2CCN(c3cccc[nH+]3)CC2)cs1. The number of nitrogens with zero attached hydrogens (tertiary/aromatic N) is 2. The molecule has 134 valence electrons. The molecule has 0 radical (unpaired) electrons. The zero-order chi connectivity index (χ0) is 17.9. The van der Waals surface area contributed by atoms with Gasteiger partial charge >= 0.3 is 0 Å². The molecule has 2 aromatic rings. The smallest absolute Gasteiger partial charge is 0.274 e. The number of rotatable bonds is 5. The number of piperazine rings is 1. The molecule has 9 heteroatoms.